The Hall–Kier alpha value is -2.95. The minimum absolute atomic E-state index is 0.0342. The van der Waals surface area contributed by atoms with Crippen molar-refractivity contribution in [2.24, 2.45) is 0 Å². The number of nitrogens with zero attached hydrogens (tertiary/aromatic N) is 2. The van der Waals surface area contributed by atoms with Crippen LogP contribution in [0.1, 0.15) is 59.7 Å². The van der Waals surface area contributed by atoms with Crippen LogP contribution < -0.4 is 0 Å². The molecule has 1 aliphatic heterocycles. The quantitative estimate of drug-likeness (QED) is 0.678. The molecule has 0 atom stereocenters. The number of amides is 3. The highest BCUT2D eigenvalue weighted by Crippen LogP contribution is 2.30. The molecule has 5 nitrogen and oxygen atoms in total. The van der Waals surface area contributed by atoms with E-state index in [-0.39, 0.29) is 24.3 Å². The van der Waals surface area contributed by atoms with E-state index in [4.69, 9.17) is 0 Å². The lowest BCUT2D eigenvalue weighted by atomic mass is 10.1. The van der Waals surface area contributed by atoms with Crippen LogP contribution in [-0.2, 0) is 29.1 Å². The smallest absolute Gasteiger partial charge is 0.254 e. The molecule has 0 N–H and O–H groups in total. The van der Waals surface area contributed by atoms with Crippen LogP contribution >= 0.6 is 0 Å². The van der Waals surface area contributed by atoms with Gasteiger partial charge in [0.1, 0.15) is 0 Å². The van der Waals surface area contributed by atoms with Crippen LogP contribution in [0, 0.1) is 0 Å². The summed E-state index contributed by atoms with van der Waals surface area (Å²) in [5.41, 5.74) is 3.94. The van der Waals surface area contributed by atoms with E-state index in [0.717, 1.165) is 30.4 Å². The number of hydrogen-bond donors (Lipinski definition) is 0. The Bertz CT molecular complexity index is 898. The molecule has 1 saturated heterocycles. The van der Waals surface area contributed by atoms with Gasteiger partial charge in [-0.2, -0.15) is 0 Å². The van der Waals surface area contributed by atoms with Crippen molar-refractivity contribution in [3.05, 3.63) is 70.8 Å². The van der Waals surface area contributed by atoms with E-state index in [1.54, 1.807) is 12.1 Å². The first kappa shape index (κ1) is 19.4. The van der Waals surface area contributed by atoms with Gasteiger partial charge in [0, 0.05) is 31.0 Å². The second kappa shape index (κ2) is 8.19. The van der Waals surface area contributed by atoms with E-state index in [1.165, 1.54) is 10.5 Å². The van der Waals surface area contributed by atoms with E-state index >= 15 is 0 Å². The number of benzene rings is 2. The van der Waals surface area contributed by atoms with Gasteiger partial charge >= 0.3 is 0 Å². The second-order valence-electron chi connectivity index (χ2n) is 7.90. The maximum absolute atomic E-state index is 13.1. The molecule has 29 heavy (non-hydrogen) atoms. The Morgan fingerprint density at radius 3 is 2.00 bits per heavy atom. The molecule has 0 aromatic heterocycles. The van der Waals surface area contributed by atoms with Crippen molar-refractivity contribution in [2.45, 2.75) is 58.2 Å². The summed E-state index contributed by atoms with van der Waals surface area (Å²) >= 11 is 0. The predicted molar refractivity (Wildman–Crippen MR) is 110 cm³/mol. The summed E-state index contributed by atoms with van der Waals surface area (Å²) in [6, 6.07) is 16.1. The van der Waals surface area contributed by atoms with Gasteiger partial charge in [-0.1, -0.05) is 43.3 Å². The number of likely N-dealkylation sites (tertiary alicyclic amines) is 1. The van der Waals surface area contributed by atoms with Crippen molar-refractivity contribution in [3.8, 4) is 0 Å². The molecule has 4 rings (SSSR count). The fourth-order valence-corrected chi connectivity index (χ4v) is 3.73. The topological polar surface area (TPSA) is 57.7 Å². The first-order valence-electron chi connectivity index (χ1n) is 10.4. The Labute approximate surface area is 171 Å². The maximum Gasteiger partial charge on any atom is 0.254 e. The first-order valence-corrected chi connectivity index (χ1v) is 10.4. The number of carbonyl (C=O) groups excluding carboxylic acids is 3. The number of carbonyl (C=O) groups is 3. The molecule has 2 fully saturated rings. The summed E-state index contributed by atoms with van der Waals surface area (Å²) in [7, 11) is 0. The lowest BCUT2D eigenvalue weighted by molar-refractivity contribution is -0.139. The van der Waals surface area contributed by atoms with Gasteiger partial charge in [0.2, 0.25) is 11.8 Å². The number of imide groups is 1. The van der Waals surface area contributed by atoms with Crippen LogP contribution in [0.2, 0.25) is 0 Å². The van der Waals surface area contributed by atoms with Crippen LogP contribution in [0.3, 0.4) is 0 Å². The van der Waals surface area contributed by atoms with Crippen molar-refractivity contribution in [1.29, 1.82) is 0 Å². The number of rotatable bonds is 7. The van der Waals surface area contributed by atoms with Crippen LogP contribution in [0.5, 0.6) is 0 Å². The molecule has 0 radical (unpaired) electrons. The lowest BCUT2D eigenvalue weighted by Gasteiger charge is -2.23. The van der Waals surface area contributed by atoms with Gasteiger partial charge in [-0.3, -0.25) is 19.3 Å². The third-order valence-corrected chi connectivity index (χ3v) is 5.73. The molecule has 2 aliphatic rings. The summed E-state index contributed by atoms with van der Waals surface area (Å²) < 4.78 is 0. The van der Waals surface area contributed by atoms with Crippen LogP contribution in [0.4, 0.5) is 0 Å². The SMILES string of the molecule is CCc1ccc(CN(C(=O)c2ccc(CN3C(=O)CCC3=O)cc2)C2CC2)cc1. The van der Waals surface area contributed by atoms with E-state index in [2.05, 4.69) is 31.2 Å². The highest BCUT2D eigenvalue weighted by atomic mass is 16.2. The molecule has 0 bridgehead atoms. The zero-order chi connectivity index (χ0) is 20.4. The molecule has 0 unspecified atom stereocenters. The van der Waals surface area contributed by atoms with E-state index in [0.29, 0.717) is 31.0 Å². The average molecular weight is 390 g/mol. The molecule has 2 aromatic rings. The van der Waals surface area contributed by atoms with E-state index in [9.17, 15) is 14.4 Å². The summed E-state index contributed by atoms with van der Waals surface area (Å²) in [5.74, 6) is -0.208. The number of aryl methyl sites for hydroxylation is 1. The van der Waals surface area contributed by atoms with Crippen molar-refractivity contribution < 1.29 is 14.4 Å². The second-order valence-corrected chi connectivity index (χ2v) is 7.90. The van der Waals surface area contributed by atoms with Crippen molar-refractivity contribution >= 4 is 17.7 Å². The molecule has 1 aliphatic carbocycles. The summed E-state index contributed by atoms with van der Waals surface area (Å²) in [4.78, 5) is 40.0. The van der Waals surface area contributed by atoms with E-state index in [1.807, 2.05) is 17.0 Å². The fourth-order valence-electron chi connectivity index (χ4n) is 3.73. The standard InChI is InChI=1S/C24H26N2O3/c1-2-17-3-5-18(6-4-17)15-25(21-11-12-21)24(29)20-9-7-19(8-10-20)16-26-22(27)13-14-23(26)28/h3-10,21H,2,11-16H2,1H3. The lowest BCUT2D eigenvalue weighted by Crippen LogP contribution is -2.32. The molecule has 1 heterocycles. The average Bonchev–Trinajstić information content (AvgIpc) is 3.54. The maximum atomic E-state index is 13.1. The summed E-state index contributed by atoms with van der Waals surface area (Å²) in [6.07, 6.45) is 3.70. The minimum atomic E-state index is -0.121. The Kier molecular flexibility index (Phi) is 5.47. The fraction of sp³-hybridized carbons (Fsp3) is 0.375. The largest absolute Gasteiger partial charge is 0.331 e. The van der Waals surface area contributed by atoms with Gasteiger partial charge in [0.05, 0.1) is 6.54 Å². The monoisotopic (exact) mass is 390 g/mol. The van der Waals surface area contributed by atoms with Gasteiger partial charge in [0.15, 0.2) is 0 Å². The molecule has 150 valence electrons. The normalized spacial score (nSPS) is 16.4. The highest BCUT2D eigenvalue weighted by Gasteiger charge is 2.33. The van der Waals surface area contributed by atoms with Crippen molar-refractivity contribution in [2.75, 3.05) is 0 Å². The number of hydrogen-bond acceptors (Lipinski definition) is 3. The molecular weight excluding hydrogens is 364 g/mol. The zero-order valence-electron chi connectivity index (χ0n) is 16.8. The Morgan fingerprint density at radius 2 is 1.45 bits per heavy atom. The molecule has 5 heteroatoms. The van der Waals surface area contributed by atoms with Gasteiger partial charge in [-0.15, -0.1) is 0 Å². The molecular formula is C24H26N2O3. The Morgan fingerprint density at radius 1 is 0.897 bits per heavy atom. The van der Waals surface area contributed by atoms with Gasteiger partial charge < -0.3 is 4.90 Å². The highest BCUT2D eigenvalue weighted by molar-refractivity contribution is 6.01. The molecule has 2 aromatic carbocycles. The third kappa shape index (κ3) is 4.39. The van der Waals surface area contributed by atoms with Crippen molar-refractivity contribution in [3.63, 3.8) is 0 Å². The molecule has 0 spiro atoms. The predicted octanol–water partition coefficient (Wildman–Crippen LogP) is 3.70. The molecule has 1 saturated carbocycles. The van der Waals surface area contributed by atoms with Crippen LogP contribution in [0.25, 0.3) is 0 Å². The van der Waals surface area contributed by atoms with E-state index < -0.39 is 0 Å². The van der Waals surface area contributed by atoms with Crippen LogP contribution in [-0.4, -0.2) is 33.6 Å². The van der Waals surface area contributed by atoms with Crippen molar-refractivity contribution in [1.82, 2.24) is 9.80 Å². The third-order valence-electron chi connectivity index (χ3n) is 5.73. The zero-order valence-corrected chi connectivity index (χ0v) is 16.8. The minimum Gasteiger partial charge on any atom is -0.331 e. The summed E-state index contributed by atoms with van der Waals surface area (Å²) in [6.45, 7) is 3.03. The van der Waals surface area contributed by atoms with Gasteiger partial charge in [0.25, 0.3) is 5.91 Å². The first-order chi connectivity index (χ1) is 14.0. The van der Waals surface area contributed by atoms with Gasteiger partial charge in [-0.05, 0) is 48.1 Å². The van der Waals surface area contributed by atoms with Gasteiger partial charge in [-0.25, -0.2) is 0 Å². The summed E-state index contributed by atoms with van der Waals surface area (Å²) in [5, 5.41) is 0. The Balaban J connectivity index is 1.45. The molecule has 3 amide bonds. The van der Waals surface area contributed by atoms with Crippen LogP contribution in [0.15, 0.2) is 48.5 Å².